The Kier molecular flexibility index (Phi) is 4.93. The fourth-order valence-electron chi connectivity index (χ4n) is 4.84. The van der Waals surface area contributed by atoms with Crippen LogP contribution < -0.4 is 10.6 Å². The summed E-state index contributed by atoms with van der Waals surface area (Å²) < 4.78 is 0. The molecule has 0 amide bonds. The number of nitrogens with one attached hydrogen (secondary N) is 3. The van der Waals surface area contributed by atoms with Crippen LogP contribution in [0.2, 0.25) is 0 Å². The number of nitriles is 1. The lowest BCUT2D eigenvalue weighted by molar-refractivity contribution is 0.135. The number of rotatable bonds is 6. The largest absolute Gasteiger partial charge is 0.351 e. The Morgan fingerprint density at radius 1 is 1.27 bits per heavy atom. The quantitative estimate of drug-likeness (QED) is 0.574. The number of aryl methyl sites for hydroxylation is 1. The number of piperidine rings is 1. The zero-order chi connectivity index (χ0) is 20.5. The topological polar surface area (TPSA) is 118 Å². The Bertz CT molecular complexity index is 1070. The normalized spacial score (nSPS) is 23.4. The number of anilines is 3. The summed E-state index contributed by atoms with van der Waals surface area (Å²) in [5, 5.41) is 23.0. The summed E-state index contributed by atoms with van der Waals surface area (Å²) in [7, 11) is 0. The van der Waals surface area contributed by atoms with Crippen molar-refractivity contribution < 1.29 is 0 Å². The van der Waals surface area contributed by atoms with Gasteiger partial charge in [0.25, 0.3) is 0 Å². The molecule has 0 aromatic carbocycles. The zero-order valence-corrected chi connectivity index (χ0v) is 17.0. The molecule has 5 heterocycles. The molecule has 5 rings (SSSR count). The molecule has 2 bridgehead atoms. The van der Waals surface area contributed by atoms with Gasteiger partial charge < -0.3 is 10.6 Å². The third-order valence-electron chi connectivity index (χ3n) is 6.11. The van der Waals surface area contributed by atoms with Crippen LogP contribution in [0, 0.1) is 18.3 Å². The maximum atomic E-state index is 8.93. The molecular formula is C21H25N9. The highest BCUT2D eigenvalue weighted by Crippen LogP contribution is 2.36. The van der Waals surface area contributed by atoms with E-state index in [-0.39, 0.29) is 0 Å². The van der Waals surface area contributed by atoms with Gasteiger partial charge in [0.05, 0.1) is 11.6 Å². The first-order valence-corrected chi connectivity index (χ1v) is 10.5. The van der Waals surface area contributed by atoms with Gasteiger partial charge in [0.15, 0.2) is 11.6 Å². The van der Waals surface area contributed by atoms with Crippen LogP contribution in [-0.4, -0.2) is 54.7 Å². The molecule has 0 saturated carbocycles. The van der Waals surface area contributed by atoms with Crippen molar-refractivity contribution in [3.63, 3.8) is 0 Å². The fraction of sp³-hybridized carbons (Fsp3) is 0.476. The van der Waals surface area contributed by atoms with E-state index in [1.807, 2.05) is 25.1 Å². The molecular weight excluding hydrogens is 378 g/mol. The highest BCUT2D eigenvalue weighted by Gasteiger charge is 2.40. The van der Waals surface area contributed by atoms with Gasteiger partial charge in [-0.05, 0) is 44.7 Å². The number of aromatic amines is 1. The molecule has 0 radical (unpaired) electrons. The number of pyridine rings is 1. The van der Waals surface area contributed by atoms with Crippen molar-refractivity contribution in [2.24, 2.45) is 0 Å². The maximum Gasteiger partial charge on any atom is 0.225 e. The summed E-state index contributed by atoms with van der Waals surface area (Å²) in [4.78, 5) is 16.4. The van der Waals surface area contributed by atoms with Crippen molar-refractivity contribution in [1.82, 2.24) is 30.0 Å². The number of H-pyrrole nitrogens is 1. The molecule has 2 aliphatic rings. The summed E-state index contributed by atoms with van der Waals surface area (Å²) in [5.41, 5.74) is 2.48. The van der Waals surface area contributed by atoms with Crippen LogP contribution in [0.25, 0.3) is 11.0 Å². The lowest BCUT2D eigenvalue weighted by Crippen LogP contribution is -2.47. The average Bonchev–Trinajstić information content (AvgIpc) is 3.25. The number of hydrogen-bond donors (Lipinski definition) is 3. The van der Waals surface area contributed by atoms with Gasteiger partial charge in [-0.3, -0.25) is 15.0 Å². The van der Waals surface area contributed by atoms with Gasteiger partial charge in [-0.15, -0.1) is 0 Å². The molecule has 0 aliphatic carbocycles. The molecule has 3 N–H and O–H groups in total. The zero-order valence-electron chi connectivity index (χ0n) is 17.0. The van der Waals surface area contributed by atoms with Crippen LogP contribution in [0.3, 0.4) is 0 Å². The highest BCUT2D eigenvalue weighted by atomic mass is 15.3. The average molecular weight is 403 g/mol. The van der Waals surface area contributed by atoms with Crippen molar-refractivity contribution in [3.05, 3.63) is 30.1 Å². The molecule has 154 valence electrons. The third-order valence-corrected chi connectivity index (χ3v) is 6.11. The predicted molar refractivity (Wildman–Crippen MR) is 114 cm³/mol. The first-order valence-electron chi connectivity index (χ1n) is 10.5. The predicted octanol–water partition coefficient (Wildman–Crippen LogP) is 3.12. The standard InChI is InChI=1S/C21H25N9/c1-13-10-18(29-28-13)26-20-19-17(4-2-8-23-19)25-21(27-20)24-14-11-15-5-6-16(12-14)30(15)9-3-7-22/h2,4,8,10,14-16H,3,5-6,9,11-12H2,1H3,(H3,24,25,26,27,28,29)/t14?,15-,16+. The number of hydrogen-bond acceptors (Lipinski definition) is 8. The molecule has 1 unspecified atom stereocenters. The van der Waals surface area contributed by atoms with Crippen molar-refractivity contribution in [3.8, 4) is 6.07 Å². The lowest BCUT2D eigenvalue weighted by Gasteiger charge is -2.38. The highest BCUT2D eigenvalue weighted by molar-refractivity contribution is 5.87. The van der Waals surface area contributed by atoms with Crippen molar-refractivity contribution in [2.45, 2.75) is 57.2 Å². The summed E-state index contributed by atoms with van der Waals surface area (Å²) in [6.45, 7) is 2.84. The van der Waals surface area contributed by atoms with E-state index < -0.39 is 0 Å². The molecule has 9 nitrogen and oxygen atoms in total. The first kappa shape index (κ1) is 18.8. The summed E-state index contributed by atoms with van der Waals surface area (Å²) >= 11 is 0. The van der Waals surface area contributed by atoms with E-state index >= 15 is 0 Å². The van der Waals surface area contributed by atoms with Gasteiger partial charge in [-0.2, -0.15) is 15.3 Å². The minimum atomic E-state index is 0.329. The Hall–Kier alpha value is -3.25. The van der Waals surface area contributed by atoms with Crippen LogP contribution in [0.4, 0.5) is 17.6 Å². The number of nitrogens with zero attached hydrogens (tertiary/aromatic N) is 6. The van der Waals surface area contributed by atoms with Gasteiger partial charge in [0.1, 0.15) is 5.52 Å². The van der Waals surface area contributed by atoms with Crippen LogP contribution in [0.15, 0.2) is 24.4 Å². The van der Waals surface area contributed by atoms with Gasteiger partial charge in [0, 0.05) is 49.0 Å². The van der Waals surface area contributed by atoms with E-state index in [2.05, 4.69) is 36.8 Å². The Morgan fingerprint density at radius 2 is 2.10 bits per heavy atom. The van der Waals surface area contributed by atoms with Gasteiger partial charge >= 0.3 is 0 Å². The Morgan fingerprint density at radius 3 is 2.83 bits per heavy atom. The van der Waals surface area contributed by atoms with Crippen LogP contribution in [0.1, 0.15) is 37.8 Å². The Balaban J connectivity index is 1.37. The van der Waals surface area contributed by atoms with Crippen LogP contribution in [-0.2, 0) is 0 Å². The van der Waals surface area contributed by atoms with E-state index in [4.69, 9.17) is 15.2 Å². The van der Waals surface area contributed by atoms with Gasteiger partial charge in [-0.25, -0.2) is 4.98 Å². The number of aromatic nitrogens is 5. The van der Waals surface area contributed by atoms with Gasteiger partial charge in [-0.1, -0.05) is 0 Å². The lowest BCUT2D eigenvalue weighted by atomic mass is 9.97. The Labute approximate surface area is 174 Å². The second kappa shape index (κ2) is 7.88. The van der Waals surface area contributed by atoms with E-state index in [0.29, 0.717) is 42.1 Å². The van der Waals surface area contributed by atoms with Crippen molar-refractivity contribution >= 4 is 28.6 Å². The smallest absolute Gasteiger partial charge is 0.225 e. The first-order chi connectivity index (χ1) is 14.7. The van der Waals surface area contributed by atoms with E-state index in [9.17, 15) is 0 Å². The molecule has 2 saturated heterocycles. The minimum absolute atomic E-state index is 0.329. The second-order valence-corrected chi connectivity index (χ2v) is 8.17. The maximum absolute atomic E-state index is 8.93. The van der Waals surface area contributed by atoms with E-state index in [1.54, 1.807) is 6.20 Å². The van der Waals surface area contributed by atoms with Crippen molar-refractivity contribution in [1.29, 1.82) is 5.26 Å². The molecule has 9 heteroatoms. The molecule has 0 spiro atoms. The number of fused-ring (bicyclic) bond motifs is 3. The fourth-order valence-corrected chi connectivity index (χ4v) is 4.84. The molecule has 2 fully saturated rings. The van der Waals surface area contributed by atoms with Crippen molar-refractivity contribution in [2.75, 3.05) is 17.2 Å². The van der Waals surface area contributed by atoms with E-state index in [1.165, 1.54) is 12.8 Å². The molecule has 3 aromatic heterocycles. The van der Waals surface area contributed by atoms with Gasteiger partial charge in [0.2, 0.25) is 5.95 Å². The van der Waals surface area contributed by atoms with Crippen LogP contribution >= 0.6 is 0 Å². The third kappa shape index (κ3) is 3.66. The molecule has 3 aromatic rings. The molecule has 3 atom stereocenters. The summed E-state index contributed by atoms with van der Waals surface area (Å²) in [6.07, 6.45) is 6.88. The summed E-state index contributed by atoms with van der Waals surface area (Å²) in [5.74, 6) is 1.96. The van der Waals surface area contributed by atoms with E-state index in [0.717, 1.165) is 36.1 Å². The second-order valence-electron chi connectivity index (χ2n) is 8.17. The minimum Gasteiger partial charge on any atom is -0.351 e. The van der Waals surface area contributed by atoms with Crippen LogP contribution in [0.5, 0.6) is 0 Å². The monoisotopic (exact) mass is 403 g/mol. The molecule has 30 heavy (non-hydrogen) atoms. The molecule has 2 aliphatic heterocycles. The summed E-state index contributed by atoms with van der Waals surface area (Å²) in [6, 6.07) is 9.46. The SMILES string of the molecule is Cc1cc(Nc2nc(NC3C[C@H]4CC[C@@H](C3)N4CCC#N)nc3cccnc23)n[nH]1.